The predicted molar refractivity (Wildman–Crippen MR) is 119 cm³/mol. The highest BCUT2D eigenvalue weighted by Crippen LogP contribution is 2.26. The van der Waals surface area contributed by atoms with Crippen molar-refractivity contribution in [2.45, 2.75) is 38.6 Å². The highest BCUT2D eigenvalue weighted by atomic mass is 35.5. The highest BCUT2D eigenvalue weighted by molar-refractivity contribution is 6.43. The lowest BCUT2D eigenvalue weighted by molar-refractivity contribution is -0.117. The number of amides is 2. The molecule has 2 aromatic rings. The van der Waals surface area contributed by atoms with Crippen LogP contribution in [0.1, 0.15) is 43.0 Å². The standard InChI is InChI=1S/C22H25Cl2N3O2/c1-14(26-22(29)18-7-4-8-19(23)20(18)24)21(28)27-17-11-9-16(10-12-17)25-13-15-5-2-3-6-15/h4,7-12,14-15,25H,2-3,5-6,13H2,1H3,(H,26,29)(H,27,28). The first kappa shape index (κ1) is 21.5. The van der Waals surface area contributed by atoms with Gasteiger partial charge in [-0.15, -0.1) is 0 Å². The minimum absolute atomic E-state index is 0.167. The molecule has 0 heterocycles. The molecule has 0 saturated heterocycles. The molecule has 2 aromatic carbocycles. The Hall–Kier alpha value is -2.24. The van der Waals surface area contributed by atoms with Gasteiger partial charge in [0.05, 0.1) is 15.6 Å². The van der Waals surface area contributed by atoms with Crippen LogP contribution >= 0.6 is 23.2 Å². The summed E-state index contributed by atoms with van der Waals surface area (Å²) in [6.45, 7) is 2.60. The zero-order valence-corrected chi connectivity index (χ0v) is 17.8. The second-order valence-corrected chi connectivity index (χ2v) is 8.18. The molecule has 0 aliphatic heterocycles. The molecule has 3 rings (SSSR count). The van der Waals surface area contributed by atoms with Crippen molar-refractivity contribution < 1.29 is 9.59 Å². The van der Waals surface area contributed by atoms with Gasteiger partial charge in [0.15, 0.2) is 0 Å². The average Bonchev–Trinajstić information content (AvgIpc) is 3.23. The molecular weight excluding hydrogens is 409 g/mol. The summed E-state index contributed by atoms with van der Waals surface area (Å²) in [6.07, 6.45) is 5.25. The van der Waals surface area contributed by atoms with E-state index in [2.05, 4.69) is 16.0 Å². The first-order chi connectivity index (χ1) is 13.9. The molecule has 5 nitrogen and oxygen atoms in total. The summed E-state index contributed by atoms with van der Waals surface area (Å²) in [6, 6.07) is 11.6. The third-order valence-electron chi connectivity index (χ3n) is 5.16. The lowest BCUT2D eigenvalue weighted by Crippen LogP contribution is -2.41. The smallest absolute Gasteiger partial charge is 0.253 e. The Morgan fingerprint density at radius 1 is 1.03 bits per heavy atom. The molecule has 2 amide bonds. The molecule has 0 bridgehead atoms. The second kappa shape index (κ2) is 9.99. The van der Waals surface area contributed by atoms with Gasteiger partial charge in [-0.1, -0.05) is 42.1 Å². The first-order valence-electron chi connectivity index (χ1n) is 9.83. The Kier molecular flexibility index (Phi) is 7.40. The maximum absolute atomic E-state index is 12.4. The van der Waals surface area contributed by atoms with Crippen molar-refractivity contribution >= 4 is 46.4 Å². The zero-order chi connectivity index (χ0) is 20.8. The highest BCUT2D eigenvalue weighted by Gasteiger charge is 2.19. The monoisotopic (exact) mass is 433 g/mol. The normalized spacial score (nSPS) is 15.0. The maximum Gasteiger partial charge on any atom is 0.253 e. The Morgan fingerprint density at radius 2 is 1.69 bits per heavy atom. The second-order valence-electron chi connectivity index (χ2n) is 7.39. The van der Waals surface area contributed by atoms with Crippen LogP contribution in [0, 0.1) is 5.92 Å². The Labute approximate surface area is 181 Å². The van der Waals surface area contributed by atoms with Gasteiger partial charge in [-0.3, -0.25) is 9.59 Å². The van der Waals surface area contributed by atoms with Crippen LogP contribution in [0.3, 0.4) is 0 Å². The number of carbonyl (C=O) groups excluding carboxylic acids is 2. The minimum atomic E-state index is -0.738. The quantitative estimate of drug-likeness (QED) is 0.550. The maximum atomic E-state index is 12.4. The van der Waals surface area contributed by atoms with Crippen LogP contribution in [0.5, 0.6) is 0 Å². The molecule has 1 unspecified atom stereocenters. The zero-order valence-electron chi connectivity index (χ0n) is 16.3. The van der Waals surface area contributed by atoms with Crippen LogP contribution in [0.4, 0.5) is 11.4 Å². The molecule has 0 radical (unpaired) electrons. The van der Waals surface area contributed by atoms with E-state index in [9.17, 15) is 9.59 Å². The Bertz CT molecular complexity index is 865. The predicted octanol–water partition coefficient (Wildman–Crippen LogP) is 5.35. The van der Waals surface area contributed by atoms with Crippen molar-refractivity contribution in [2.24, 2.45) is 5.92 Å². The molecule has 7 heteroatoms. The molecular formula is C22H25Cl2N3O2. The lowest BCUT2D eigenvalue weighted by Gasteiger charge is -2.16. The lowest BCUT2D eigenvalue weighted by atomic mass is 10.1. The summed E-state index contributed by atoms with van der Waals surface area (Å²) < 4.78 is 0. The minimum Gasteiger partial charge on any atom is -0.385 e. The molecule has 1 aliphatic carbocycles. The van der Waals surface area contributed by atoms with E-state index in [1.54, 1.807) is 25.1 Å². The number of anilines is 2. The Balaban J connectivity index is 1.51. The van der Waals surface area contributed by atoms with Gasteiger partial charge < -0.3 is 16.0 Å². The summed E-state index contributed by atoms with van der Waals surface area (Å²) in [5.74, 6) is -0.0124. The third-order valence-corrected chi connectivity index (χ3v) is 5.98. The van der Waals surface area contributed by atoms with E-state index in [4.69, 9.17) is 23.2 Å². The number of nitrogens with one attached hydrogen (secondary N) is 3. The topological polar surface area (TPSA) is 70.2 Å². The number of hydrogen-bond donors (Lipinski definition) is 3. The van der Waals surface area contributed by atoms with Crippen LogP contribution in [-0.4, -0.2) is 24.4 Å². The summed E-state index contributed by atoms with van der Waals surface area (Å²) in [5, 5.41) is 9.36. The molecule has 154 valence electrons. The van der Waals surface area contributed by atoms with Gasteiger partial charge in [-0.05, 0) is 62.1 Å². The van der Waals surface area contributed by atoms with Gasteiger partial charge in [0.2, 0.25) is 5.91 Å². The van der Waals surface area contributed by atoms with E-state index in [1.165, 1.54) is 25.7 Å². The molecule has 0 spiro atoms. The van der Waals surface area contributed by atoms with E-state index in [-0.39, 0.29) is 21.5 Å². The molecule has 1 saturated carbocycles. The van der Waals surface area contributed by atoms with E-state index in [0.717, 1.165) is 18.2 Å². The number of benzene rings is 2. The molecule has 1 aliphatic rings. The average molecular weight is 434 g/mol. The van der Waals surface area contributed by atoms with Crippen molar-refractivity contribution in [1.29, 1.82) is 0 Å². The summed E-state index contributed by atoms with van der Waals surface area (Å²) in [7, 11) is 0. The first-order valence-corrected chi connectivity index (χ1v) is 10.6. The largest absolute Gasteiger partial charge is 0.385 e. The van der Waals surface area contributed by atoms with Crippen molar-refractivity contribution in [3.8, 4) is 0 Å². The summed E-state index contributed by atoms with van der Waals surface area (Å²) >= 11 is 12.0. The van der Waals surface area contributed by atoms with Crippen LogP contribution in [0.15, 0.2) is 42.5 Å². The fourth-order valence-electron chi connectivity index (χ4n) is 3.42. The molecule has 29 heavy (non-hydrogen) atoms. The van der Waals surface area contributed by atoms with Crippen molar-refractivity contribution in [3.05, 3.63) is 58.1 Å². The van der Waals surface area contributed by atoms with Crippen molar-refractivity contribution in [3.63, 3.8) is 0 Å². The van der Waals surface area contributed by atoms with Gasteiger partial charge in [0.1, 0.15) is 6.04 Å². The number of halogens is 2. The van der Waals surface area contributed by atoms with E-state index >= 15 is 0 Å². The Morgan fingerprint density at radius 3 is 2.38 bits per heavy atom. The van der Waals surface area contributed by atoms with Gasteiger partial charge in [0.25, 0.3) is 5.91 Å². The van der Waals surface area contributed by atoms with Crippen LogP contribution < -0.4 is 16.0 Å². The van der Waals surface area contributed by atoms with Gasteiger partial charge >= 0.3 is 0 Å². The van der Waals surface area contributed by atoms with Crippen LogP contribution in [-0.2, 0) is 4.79 Å². The van der Waals surface area contributed by atoms with Crippen molar-refractivity contribution in [1.82, 2.24) is 5.32 Å². The molecule has 3 N–H and O–H groups in total. The summed E-state index contributed by atoms with van der Waals surface area (Å²) in [4.78, 5) is 24.8. The number of hydrogen-bond acceptors (Lipinski definition) is 3. The molecule has 1 fully saturated rings. The van der Waals surface area contributed by atoms with E-state index in [0.29, 0.717) is 5.69 Å². The number of carbonyl (C=O) groups is 2. The third kappa shape index (κ3) is 5.87. The van der Waals surface area contributed by atoms with Crippen LogP contribution in [0.25, 0.3) is 0 Å². The van der Waals surface area contributed by atoms with E-state index in [1.807, 2.05) is 24.3 Å². The van der Waals surface area contributed by atoms with Crippen molar-refractivity contribution in [2.75, 3.05) is 17.2 Å². The molecule has 1 atom stereocenters. The van der Waals surface area contributed by atoms with Gasteiger partial charge in [-0.2, -0.15) is 0 Å². The number of rotatable bonds is 7. The van der Waals surface area contributed by atoms with Crippen LogP contribution in [0.2, 0.25) is 10.0 Å². The molecule has 0 aromatic heterocycles. The van der Waals surface area contributed by atoms with E-state index < -0.39 is 11.9 Å². The van der Waals surface area contributed by atoms with Gasteiger partial charge in [0, 0.05) is 17.9 Å². The fourth-order valence-corrected chi connectivity index (χ4v) is 3.80. The fraction of sp³-hybridized carbons (Fsp3) is 0.364. The SMILES string of the molecule is CC(NC(=O)c1cccc(Cl)c1Cl)C(=O)Nc1ccc(NCC2CCCC2)cc1. The van der Waals surface area contributed by atoms with Gasteiger partial charge in [-0.25, -0.2) is 0 Å². The summed E-state index contributed by atoms with van der Waals surface area (Å²) in [5.41, 5.74) is 1.94.